The summed E-state index contributed by atoms with van der Waals surface area (Å²) in [5.74, 6) is 0. The second-order valence-electron chi connectivity index (χ2n) is 8.12. The van der Waals surface area contributed by atoms with E-state index in [1.807, 2.05) is 30.3 Å². The van der Waals surface area contributed by atoms with Crippen LogP contribution < -0.4 is 24.8 Å². The van der Waals surface area contributed by atoms with Crippen LogP contribution in [0.25, 0.3) is 11.1 Å². The largest absolute Gasteiger partial charge is 4.00 e. The van der Waals surface area contributed by atoms with Crippen LogP contribution in [0.2, 0.25) is 0 Å². The quantitative estimate of drug-likeness (QED) is 0.250. The first-order valence-corrected chi connectivity index (χ1v) is 11.7. The number of halogens is 2. The van der Waals surface area contributed by atoms with Gasteiger partial charge in [-0.15, -0.1) is 16.7 Å². The van der Waals surface area contributed by atoms with Crippen LogP contribution in [-0.4, -0.2) is 0 Å². The maximum absolute atomic E-state index is 2.34. The van der Waals surface area contributed by atoms with Gasteiger partial charge in [0, 0.05) is 0 Å². The summed E-state index contributed by atoms with van der Waals surface area (Å²) in [5.41, 5.74) is 11.1. The number of benzene rings is 1. The Kier molecular flexibility index (Phi) is 19.7. The zero-order valence-electron chi connectivity index (χ0n) is 20.6. The average Bonchev–Trinajstić information content (AvgIpc) is 3.38. The van der Waals surface area contributed by atoms with E-state index >= 15 is 0 Å². The Morgan fingerprint density at radius 3 is 1.69 bits per heavy atom. The van der Waals surface area contributed by atoms with E-state index < -0.39 is 0 Å². The van der Waals surface area contributed by atoms with Gasteiger partial charge in [-0.1, -0.05) is 108 Å². The maximum atomic E-state index is 2.34. The summed E-state index contributed by atoms with van der Waals surface area (Å²) in [6, 6.07) is 19.2. The fourth-order valence-corrected chi connectivity index (χ4v) is 4.39. The molecule has 3 rings (SSSR count). The first-order valence-electron chi connectivity index (χ1n) is 11.7. The summed E-state index contributed by atoms with van der Waals surface area (Å²) < 4.78 is 0. The third kappa shape index (κ3) is 9.32. The van der Waals surface area contributed by atoms with E-state index in [1.54, 1.807) is 27.8 Å². The fourth-order valence-electron chi connectivity index (χ4n) is 4.39. The normalized spacial score (nSPS) is 9.66. The van der Waals surface area contributed by atoms with Crippen molar-refractivity contribution in [2.24, 2.45) is 0 Å². The van der Waals surface area contributed by atoms with Crippen molar-refractivity contribution in [2.45, 2.75) is 86.0 Å². The Morgan fingerprint density at radius 2 is 1.25 bits per heavy atom. The van der Waals surface area contributed by atoms with Crippen LogP contribution >= 0.6 is 0 Å². The fraction of sp³-hybridized carbons (Fsp3) is 0.448. The molecule has 3 aromatic carbocycles. The number of rotatable bonds is 9. The van der Waals surface area contributed by atoms with Crippen molar-refractivity contribution in [3.05, 3.63) is 82.4 Å². The van der Waals surface area contributed by atoms with Crippen LogP contribution in [0.15, 0.2) is 54.6 Å². The van der Waals surface area contributed by atoms with E-state index in [9.17, 15) is 0 Å². The molecule has 0 fully saturated rings. The van der Waals surface area contributed by atoms with E-state index in [-0.39, 0.29) is 50.7 Å². The Bertz CT molecular complexity index is 763. The summed E-state index contributed by atoms with van der Waals surface area (Å²) >= 11 is 0. The molecule has 32 heavy (non-hydrogen) atoms. The number of hydrogen-bond acceptors (Lipinski definition) is 0. The second kappa shape index (κ2) is 18.8. The van der Waals surface area contributed by atoms with Gasteiger partial charge in [0.25, 0.3) is 0 Å². The number of hydrogen-bond donors (Lipinski definition) is 0. The van der Waals surface area contributed by atoms with Gasteiger partial charge in [0.05, 0.1) is 0 Å². The topological polar surface area (TPSA) is 0 Å². The molecule has 3 aromatic rings. The molecule has 0 N–H and O–H groups in total. The van der Waals surface area contributed by atoms with E-state index in [0.717, 1.165) is 0 Å². The molecule has 0 spiro atoms. The van der Waals surface area contributed by atoms with Crippen LogP contribution in [0, 0.1) is 6.92 Å². The van der Waals surface area contributed by atoms with Gasteiger partial charge in [-0.05, 0) is 13.3 Å². The third-order valence-corrected chi connectivity index (χ3v) is 5.59. The summed E-state index contributed by atoms with van der Waals surface area (Å²) in [6.45, 7) is 11.5. The van der Waals surface area contributed by atoms with E-state index in [4.69, 9.17) is 0 Å². The van der Waals surface area contributed by atoms with Gasteiger partial charge in [0.15, 0.2) is 0 Å². The molecule has 0 amide bonds. The molecule has 0 bridgehead atoms. The van der Waals surface area contributed by atoms with Crippen molar-refractivity contribution < 1.29 is 50.7 Å². The van der Waals surface area contributed by atoms with E-state index in [2.05, 4.69) is 58.9 Å². The van der Waals surface area contributed by atoms with Crippen molar-refractivity contribution in [3.63, 3.8) is 0 Å². The predicted octanol–water partition coefficient (Wildman–Crippen LogP) is 2.60. The summed E-state index contributed by atoms with van der Waals surface area (Å²) in [4.78, 5) is 0. The van der Waals surface area contributed by atoms with Gasteiger partial charge in [0.2, 0.25) is 0 Å². The molecule has 3 heteroatoms. The Labute approximate surface area is 228 Å². The predicted molar refractivity (Wildman–Crippen MR) is 130 cm³/mol. The van der Waals surface area contributed by atoms with Gasteiger partial charge in [-0.25, -0.2) is 12.1 Å². The Hall–Kier alpha value is -0.630. The van der Waals surface area contributed by atoms with Gasteiger partial charge in [-0.2, -0.15) is 29.3 Å². The average molecular weight is 638 g/mol. The molecular formula is C29H40Cl2Hf. The van der Waals surface area contributed by atoms with Gasteiger partial charge < -0.3 is 24.8 Å². The van der Waals surface area contributed by atoms with Crippen molar-refractivity contribution in [1.29, 1.82) is 0 Å². The molecule has 0 nitrogen and oxygen atoms in total. The first kappa shape index (κ1) is 33.5. The monoisotopic (exact) mass is 638 g/mol. The summed E-state index contributed by atoms with van der Waals surface area (Å²) in [7, 11) is 0. The molecule has 0 aliphatic heterocycles. The number of aryl methyl sites for hydroxylation is 1. The third-order valence-electron chi connectivity index (χ3n) is 5.59. The molecule has 0 unspecified atom stereocenters. The van der Waals surface area contributed by atoms with E-state index in [0.29, 0.717) is 0 Å². The van der Waals surface area contributed by atoms with Crippen LogP contribution in [0.5, 0.6) is 0 Å². The van der Waals surface area contributed by atoms with Gasteiger partial charge in [-0.3, -0.25) is 0 Å². The van der Waals surface area contributed by atoms with Gasteiger partial charge >= 0.3 is 25.8 Å². The second-order valence-corrected chi connectivity index (χ2v) is 8.12. The molecule has 174 valence electrons. The molecule has 0 atom stereocenters. The minimum absolute atomic E-state index is 0. The van der Waals surface area contributed by atoms with Crippen LogP contribution in [-0.2, 0) is 51.5 Å². The van der Waals surface area contributed by atoms with Crippen molar-refractivity contribution in [3.8, 4) is 11.1 Å². The molecular weight excluding hydrogens is 598 g/mol. The summed E-state index contributed by atoms with van der Waals surface area (Å²) in [5, 5.41) is 0. The van der Waals surface area contributed by atoms with E-state index in [1.165, 1.54) is 62.5 Å². The molecule has 0 aliphatic rings. The van der Waals surface area contributed by atoms with Crippen molar-refractivity contribution in [1.82, 2.24) is 0 Å². The standard InChI is InChI=1S/C24H35.C5H5.2ClH.Hf/c1-6-10-20-21(11-7-2)23(13-9-4)24(22(20)12-8-3)19-16-14-18(5)15-17-19;1-2-4-5-3-1;;;/h14-17H,6-13H2,1-5H3;1-5H;2*1H;/q2*-1;;;+4/p-2. The minimum atomic E-state index is 0. The maximum Gasteiger partial charge on any atom is 4.00 e. The zero-order valence-corrected chi connectivity index (χ0v) is 25.7. The smallest absolute Gasteiger partial charge is 1.00 e. The molecule has 0 saturated carbocycles. The Balaban J connectivity index is 0. The van der Waals surface area contributed by atoms with Crippen LogP contribution in [0.3, 0.4) is 0 Å². The van der Waals surface area contributed by atoms with Gasteiger partial charge in [0.1, 0.15) is 0 Å². The zero-order chi connectivity index (χ0) is 21.1. The Morgan fingerprint density at radius 1 is 0.719 bits per heavy atom. The van der Waals surface area contributed by atoms with Crippen LogP contribution in [0.4, 0.5) is 0 Å². The molecule has 0 radical (unpaired) electrons. The van der Waals surface area contributed by atoms with Crippen molar-refractivity contribution in [2.75, 3.05) is 0 Å². The SMILES string of the molecule is CCCc1c(CCC)c(-c2ccc(C)cc2)[c-](CCC)c1CCC.[Cl-].[Cl-].[Hf+4].c1cc[cH-]c1. The van der Waals surface area contributed by atoms with Crippen LogP contribution in [0.1, 0.15) is 81.2 Å². The minimum Gasteiger partial charge on any atom is -1.00 e. The first-order chi connectivity index (χ1) is 14.2. The molecule has 0 heterocycles. The molecule has 0 aliphatic carbocycles. The molecule has 0 aromatic heterocycles. The van der Waals surface area contributed by atoms with Crippen molar-refractivity contribution >= 4 is 0 Å². The summed E-state index contributed by atoms with van der Waals surface area (Å²) in [6.07, 6.45) is 9.89. The molecule has 0 saturated heterocycles.